The van der Waals surface area contributed by atoms with Gasteiger partial charge in [-0.25, -0.2) is 4.98 Å². The van der Waals surface area contributed by atoms with Gasteiger partial charge in [0.25, 0.3) is 5.91 Å². The molecule has 0 bridgehead atoms. The van der Waals surface area contributed by atoms with Crippen molar-refractivity contribution in [3.8, 4) is 5.75 Å². The summed E-state index contributed by atoms with van der Waals surface area (Å²) in [4.78, 5) is 19.7. The molecule has 3 aromatic rings. The van der Waals surface area contributed by atoms with Crippen molar-refractivity contribution < 1.29 is 9.53 Å². The highest BCUT2D eigenvalue weighted by molar-refractivity contribution is 5.97. The number of hydrogen-bond donors (Lipinski definition) is 1. The molecule has 4 rings (SSSR count). The van der Waals surface area contributed by atoms with E-state index in [9.17, 15) is 4.79 Å². The second kappa shape index (κ2) is 7.00. The lowest BCUT2D eigenvalue weighted by molar-refractivity contribution is 0.0631. The van der Waals surface area contributed by atoms with Crippen LogP contribution in [0.4, 0.5) is 0 Å². The Hall–Kier alpha value is -2.93. The van der Waals surface area contributed by atoms with E-state index in [0.717, 1.165) is 34.6 Å². The Bertz CT molecular complexity index is 997. The SMILES string of the molecule is COc1ccccc1C1CNCCN1C(=O)c1cnc2c(c1)c(C)nn2C. The first-order chi connectivity index (χ1) is 13.1. The molecule has 1 fully saturated rings. The molecule has 3 heterocycles. The number of ether oxygens (including phenoxy) is 1. The van der Waals surface area contributed by atoms with E-state index in [1.807, 2.05) is 49.2 Å². The minimum atomic E-state index is -0.0897. The van der Waals surface area contributed by atoms with Crippen molar-refractivity contribution in [1.82, 2.24) is 25.0 Å². The van der Waals surface area contributed by atoms with Crippen LogP contribution in [0, 0.1) is 6.92 Å². The number of nitrogens with zero attached hydrogens (tertiary/aromatic N) is 4. The van der Waals surface area contributed by atoms with Crippen molar-refractivity contribution in [3.63, 3.8) is 0 Å². The van der Waals surface area contributed by atoms with Gasteiger partial charge in [0.05, 0.1) is 24.4 Å². The molecular weight excluding hydrogens is 342 g/mol. The second-order valence-corrected chi connectivity index (χ2v) is 6.76. The summed E-state index contributed by atoms with van der Waals surface area (Å²) in [5, 5.41) is 8.69. The predicted molar refractivity (Wildman–Crippen MR) is 103 cm³/mol. The first kappa shape index (κ1) is 17.5. The van der Waals surface area contributed by atoms with Crippen LogP contribution in [0.25, 0.3) is 11.0 Å². The summed E-state index contributed by atoms with van der Waals surface area (Å²) in [5.41, 5.74) is 3.24. The number of carbonyl (C=O) groups excluding carboxylic acids is 1. The lowest BCUT2D eigenvalue weighted by atomic mass is 10.0. The summed E-state index contributed by atoms with van der Waals surface area (Å²) < 4.78 is 7.26. The second-order valence-electron chi connectivity index (χ2n) is 6.76. The average molecular weight is 365 g/mol. The quantitative estimate of drug-likeness (QED) is 0.769. The predicted octanol–water partition coefficient (Wildman–Crippen LogP) is 2.07. The Balaban J connectivity index is 1.71. The topological polar surface area (TPSA) is 72.3 Å². The van der Waals surface area contributed by atoms with Crippen LogP contribution in [0.15, 0.2) is 36.5 Å². The highest BCUT2D eigenvalue weighted by Gasteiger charge is 2.30. The Labute approximate surface area is 157 Å². The number of methoxy groups -OCH3 is 1. The van der Waals surface area contributed by atoms with E-state index in [-0.39, 0.29) is 11.9 Å². The lowest BCUT2D eigenvalue weighted by Crippen LogP contribution is -2.48. The van der Waals surface area contributed by atoms with Gasteiger partial charge in [0.2, 0.25) is 0 Å². The number of piperazine rings is 1. The number of fused-ring (bicyclic) bond motifs is 1. The number of rotatable bonds is 3. The molecule has 27 heavy (non-hydrogen) atoms. The zero-order chi connectivity index (χ0) is 19.0. The number of benzene rings is 1. The van der Waals surface area contributed by atoms with Gasteiger partial charge in [0.1, 0.15) is 5.75 Å². The van der Waals surface area contributed by atoms with Gasteiger partial charge in [-0.1, -0.05) is 18.2 Å². The van der Waals surface area contributed by atoms with Crippen LogP contribution in [-0.2, 0) is 7.05 Å². The van der Waals surface area contributed by atoms with Gasteiger partial charge in [-0.2, -0.15) is 5.10 Å². The van der Waals surface area contributed by atoms with Crippen molar-refractivity contribution in [2.75, 3.05) is 26.7 Å². The van der Waals surface area contributed by atoms with Crippen LogP contribution >= 0.6 is 0 Å². The number of aromatic nitrogens is 3. The van der Waals surface area contributed by atoms with Crippen molar-refractivity contribution in [2.24, 2.45) is 7.05 Å². The maximum Gasteiger partial charge on any atom is 0.256 e. The molecule has 1 unspecified atom stereocenters. The standard InChI is InChI=1S/C20H23N5O2/c1-13-16-10-14(11-22-19(16)24(2)23-13)20(26)25-9-8-21-12-17(25)15-6-4-5-7-18(15)27-3/h4-7,10-11,17,21H,8-9,12H2,1-3H3. The van der Waals surface area contributed by atoms with Crippen LogP contribution in [-0.4, -0.2) is 52.3 Å². The third-order valence-corrected chi connectivity index (χ3v) is 5.11. The molecule has 1 aliphatic rings. The summed E-state index contributed by atoms with van der Waals surface area (Å²) >= 11 is 0. The largest absolute Gasteiger partial charge is 0.496 e. The van der Waals surface area contributed by atoms with Gasteiger partial charge in [0.15, 0.2) is 5.65 Å². The van der Waals surface area contributed by atoms with Gasteiger partial charge in [-0.05, 0) is 19.1 Å². The van der Waals surface area contributed by atoms with E-state index >= 15 is 0 Å². The Kier molecular flexibility index (Phi) is 4.53. The van der Waals surface area contributed by atoms with E-state index in [1.165, 1.54) is 0 Å². The molecule has 7 nitrogen and oxygen atoms in total. The van der Waals surface area contributed by atoms with Gasteiger partial charge >= 0.3 is 0 Å². The first-order valence-corrected chi connectivity index (χ1v) is 9.04. The number of amides is 1. The Morgan fingerprint density at radius 1 is 1.33 bits per heavy atom. The van der Waals surface area contributed by atoms with Crippen molar-refractivity contribution in [2.45, 2.75) is 13.0 Å². The third kappa shape index (κ3) is 3.04. The van der Waals surface area contributed by atoms with Gasteiger partial charge in [-0.15, -0.1) is 0 Å². The van der Waals surface area contributed by atoms with E-state index in [4.69, 9.17) is 4.74 Å². The third-order valence-electron chi connectivity index (χ3n) is 5.11. The molecule has 1 aromatic carbocycles. The maximum absolute atomic E-state index is 13.3. The number of aryl methyl sites for hydroxylation is 2. The molecular formula is C20H23N5O2. The minimum Gasteiger partial charge on any atom is -0.496 e. The summed E-state index contributed by atoms with van der Waals surface area (Å²) in [5.74, 6) is 0.769. The van der Waals surface area contributed by atoms with E-state index in [2.05, 4.69) is 15.4 Å². The zero-order valence-electron chi connectivity index (χ0n) is 15.8. The summed E-state index contributed by atoms with van der Waals surface area (Å²) in [6.07, 6.45) is 1.65. The van der Waals surface area contributed by atoms with E-state index in [1.54, 1.807) is 18.0 Å². The molecule has 1 aliphatic heterocycles. The molecule has 1 amide bonds. The van der Waals surface area contributed by atoms with Crippen LogP contribution in [0.1, 0.15) is 27.7 Å². The normalized spacial score (nSPS) is 17.3. The fourth-order valence-electron chi connectivity index (χ4n) is 3.76. The van der Waals surface area contributed by atoms with Crippen LogP contribution in [0.3, 0.4) is 0 Å². The molecule has 0 spiro atoms. The molecule has 1 saturated heterocycles. The van der Waals surface area contributed by atoms with Crippen LogP contribution < -0.4 is 10.1 Å². The van der Waals surface area contributed by atoms with Gasteiger partial charge in [-0.3, -0.25) is 9.48 Å². The fraction of sp³-hybridized carbons (Fsp3) is 0.350. The van der Waals surface area contributed by atoms with Crippen molar-refractivity contribution in [1.29, 1.82) is 0 Å². The minimum absolute atomic E-state index is 0.0231. The summed E-state index contributed by atoms with van der Waals surface area (Å²) in [6, 6.07) is 9.67. The van der Waals surface area contributed by atoms with Gasteiger partial charge < -0.3 is 15.0 Å². The summed E-state index contributed by atoms with van der Waals surface area (Å²) in [6.45, 7) is 4.01. The van der Waals surface area contributed by atoms with E-state index < -0.39 is 0 Å². The number of pyridine rings is 1. The summed E-state index contributed by atoms with van der Waals surface area (Å²) in [7, 11) is 3.52. The first-order valence-electron chi connectivity index (χ1n) is 9.04. The Morgan fingerprint density at radius 2 is 2.15 bits per heavy atom. The maximum atomic E-state index is 13.3. The molecule has 0 aliphatic carbocycles. The average Bonchev–Trinajstić information content (AvgIpc) is 3.00. The highest BCUT2D eigenvalue weighted by atomic mass is 16.5. The number of nitrogens with one attached hydrogen (secondary N) is 1. The van der Waals surface area contributed by atoms with Crippen LogP contribution in [0.2, 0.25) is 0 Å². The fourth-order valence-corrected chi connectivity index (χ4v) is 3.76. The van der Waals surface area contributed by atoms with Gasteiger partial charge in [0, 0.05) is 43.8 Å². The molecule has 1 N–H and O–H groups in total. The monoisotopic (exact) mass is 365 g/mol. The zero-order valence-corrected chi connectivity index (χ0v) is 15.8. The van der Waals surface area contributed by atoms with Crippen molar-refractivity contribution in [3.05, 3.63) is 53.3 Å². The highest BCUT2D eigenvalue weighted by Crippen LogP contribution is 2.31. The molecule has 0 radical (unpaired) electrons. The number of para-hydroxylation sites is 1. The van der Waals surface area contributed by atoms with E-state index in [0.29, 0.717) is 18.7 Å². The number of carbonyl (C=O) groups is 1. The molecule has 0 saturated carbocycles. The Morgan fingerprint density at radius 3 is 2.96 bits per heavy atom. The molecule has 1 atom stereocenters. The van der Waals surface area contributed by atoms with Crippen molar-refractivity contribution >= 4 is 16.9 Å². The molecule has 7 heteroatoms. The smallest absolute Gasteiger partial charge is 0.256 e. The molecule has 2 aromatic heterocycles. The number of hydrogen-bond acceptors (Lipinski definition) is 5. The van der Waals surface area contributed by atoms with Crippen LogP contribution in [0.5, 0.6) is 5.75 Å². The lowest BCUT2D eigenvalue weighted by Gasteiger charge is -2.37. The molecule has 140 valence electrons.